The second kappa shape index (κ2) is 7.06. The molecule has 0 radical (unpaired) electrons. The molecule has 0 aliphatic heterocycles. The molecule has 25 heavy (non-hydrogen) atoms. The Morgan fingerprint density at radius 3 is 2.44 bits per heavy atom. The molecule has 2 aromatic carbocycles. The molecule has 0 saturated heterocycles. The Balaban J connectivity index is 2.36. The Morgan fingerprint density at radius 2 is 1.92 bits per heavy atom. The van der Waals surface area contributed by atoms with Crippen molar-refractivity contribution in [2.75, 3.05) is 18.7 Å². The number of rotatable bonds is 6. The maximum atomic E-state index is 13.8. The monoisotopic (exact) mass is 368 g/mol. The van der Waals surface area contributed by atoms with Crippen molar-refractivity contribution < 1.29 is 22.5 Å². The minimum absolute atomic E-state index is 0.0967. The van der Waals surface area contributed by atoms with Crippen LogP contribution < -0.4 is 10.1 Å². The average Bonchev–Trinajstić information content (AvgIpc) is 2.53. The van der Waals surface area contributed by atoms with Crippen LogP contribution >= 0.6 is 0 Å². The van der Waals surface area contributed by atoms with Gasteiger partial charge in [-0.2, -0.15) is 0 Å². The Kier molecular flexibility index (Phi) is 5.27. The van der Waals surface area contributed by atoms with Gasteiger partial charge in [-0.15, -0.1) is 0 Å². The highest BCUT2D eigenvalue weighted by Gasteiger charge is 2.20. The maximum Gasteiger partial charge on any atom is 0.293 e. The Bertz CT molecular complexity index is 915. The van der Waals surface area contributed by atoms with Crippen LogP contribution in [0.3, 0.4) is 0 Å². The normalized spacial score (nSPS) is 12.5. The number of nitrogens with one attached hydrogen (secondary N) is 1. The van der Waals surface area contributed by atoms with Crippen molar-refractivity contribution >= 4 is 21.2 Å². The van der Waals surface area contributed by atoms with E-state index >= 15 is 0 Å². The molecular formula is C16H17FN2O5S. The molecule has 0 aliphatic rings. The average molecular weight is 368 g/mol. The smallest absolute Gasteiger partial charge is 0.293 e. The highest BCUT2D eigenvalue weighted by molar-refractivity contribution is 7.90. The summed E-state index contributed by atoms with van der Waals surface area (Å²) in [5.41, 5.74) is 0.324. The van der Waals surface area contributed by atoms with E-state index < -0.39 is 26.6 Å². The quantitative estimate of drug-likeness (QED) is 0.620. The summed E-state index contributed by atoms with van der Waals surface area (Å²) >= 11 is 0. The van der Waals surface area contributed by atoms with Crippen LogP contribution in [0.5, 0.6) is 5.75 Å². The van der Waals surface area contributed by atoms with Crippen LogP contribution in [-0.2, 0) is 9.84 Å². The third-order valence-electron chi connectivity index (χ3n) is 3.64. The first-order chi connectivity index (χ1) is 11.6. The predicted octanol–water partition coefficient (Wildman–Crippen LogP) is 3.32. The number of methoxy groups -OCH3 is 1. The number of sulfone groups is 1. The lowest BCUT2D eigenvalue weighted by molar-refractivity contribution is -0.384. The zero-order valence-corrected chi connectivity index (χ0v) is 14.6. The van der Waals surface area contributed by atoms with E-state index in [1.54, 1.807) is 13.0 Å². The van der Waals surface area contributed by atoms with E-state index in [9.17, 15) is 22.9 Å². The lowest BCUT2D eigenvalue weighted by Gasteiger charge is -2.17. The van der Waals surface area contributed by atoms with E-state index in [0.29, 0.717) is 5.56 Å². The van der Waals surface area contributed by atoms with Crippen molar-refractivity contribution in [1.82, 2.24) is 0 Å². The van der Waals surface area contributed by atoms with Gasteiger partial charge in [-0.05, 0) is 36.8 Å². The number of hydrogen-bond donors (Lipinski definition) is 1. The van der Waals surface area contributed by atoms with E-state index in [-0.39, 0.29) is 22.0 Å². The van der Waals surface area contributed by atoms with Gasteiger partial charge in [-0.25, -0.2) is 12.8 Å². The van der Waals surface area contributed by atoms with E-state index in [4.69, 9.17) is 4.74 Å². The van der Waals surface area contributed by atoms with Crippen molar-refractivity contribution in [3.05, 3.63) is 57.9 Å². The number of nitro groups is 1. The molecule has 1 unspecified atom stereocenters. The number of anilines is 1. The fourth-order valence-corrected chi connectivity index (χ4v) is 2.92. The molecule has 0 amide bonds. The maximum absolute atomic E-state index is 13.8. The molecule has 0 aliphatic carbocycles. The minimum Gasteiger partial charge on any atom is -0.494 e. The summed E-state index contributed by atoms with van der Waals surface area (Å²) in [5, 5.41) is 14.2. The lowest BCUT2D eigenvalue weighted by Crippen LogP contribution is -2.09. The van der Waals surface area contributed by atoms with Crippen LogP contribution in [-0.4, -0.2) is 26.7 Å². The van der Waals surface area contributed by atoms with Crippen LogP contribution in [0.15, 0.2) is 41.3 Å². The molecule has 0 aromatic heterocycles. The summed E-state index contributed by atoms with van der Waals surface area (Å²) in [4.78, 5) is 10.4. The molecule has 1 N–H and O–H groups in total. The summed E-state index contributed by atoms with van der Waals surface area (Å²) in [6.45, 7) is 1.70. The van der Waals surface area contributed by atoms with Gasteiger partial charge in [0.15, 0.2) is 21.4 Å². The molecule has 7 nitrogen and oxygen atoms in total. The predicted molar refractivity (Wildman–Crippen MR) is 91.2 cm³/mol. The van der Waals surface area contributed by atoms with Crippen molar-refractivity contribution in [2.24, 2.45) is 0 Å². The first-order valence-electron chi connectivity index (χ1n) is 7.22. The Morgan fingerprint density at radius 1 is 1.24 bits per heavy atom. The van der Waals surface area contributed by atoms with Gasteiger partial charge in [-0.3, -0.25) is 10.1 Å². The third-order valence-corrected chi connectivity index (χ3v) is 4.75. The van der Waals surface area contributed by atoms with Crippen LogP contribution in [0, 0.1) is 15.9 Å². The first-order valence-corrected chi connectivity index (χ1v) is 9.11. The standard InChI is InChI=1S/C16H17FN2O5S/c1-10(11-4-7-16(24-2)13(17)8-11)18-14-6-5-12(25(3,22)23)9-15(14)19(20)21/h4-10,18H,1-3H3. The summed E-state index contributed by atoms with van der Waals surface area (Å²) in [7, 11) is -2.21. The number of nitrogens with zero attached hydrogens (tertiary/aromatic N) is 1. The van der Waals surface area contributed by atoms with Gasteiger partial charge in [0.1, 0.15) is 5.69 Å². The van der Waals surface area contributed by atoms with E-state index in [2.05, 4.69) is 5.32 Å². The molecule has 134 valence electrons. The fraction of sp³-hybridized carbons (Fsp3) is 0.250. The highest BCUT2D eigenvalue weighted by atomic mass is 32.2. The van der Waals surface area contributed by atoms with E-state index in [1.807, 2.05) is 0 Å². The molecular weight excluding hydrogens is 351 g/mol. The van der Waals surface area contributed by atoms with Crippen LogP contribution in [0.2, 0.25) is 0 Å². The number of hydrogen-bond acceptors (Lipinski definition) is 6. The zero-order chi connectivity index (χ0) is 18.8. The second-order valence-electron chi connectivity index (χ2n) is 5.47. The molecule has 2 aromatic rings. The molecule has 0 bridgehead atoms. The number of benzene rings is 2. The lowest BCUT2D eigenvalue weighted by atomic mass is 10.1. The number of ether oxygens (including phenoxy) is 1. The van der Waals surface area contributed by atoms with Crippen molar-refractivity contribution in [1.29, 1.82) is 0 Å². The summed E-state index contributed by atoms with van der Waals surface area (Å²) < 4.78 is 41.8. The summed E-state index contributed by atoms with van der Waals surface area (Å²) in [6, 6.07) is 7.52. The van der Waals surface area contributed by atoms with Crippen LogP contribution in [0.4, 0.5) is 15.8 Å². The highest BCUT2D eigenvalue weighted by Crippen LogP contribution is 2.31. The molecule has 1 atom stereocenters. The van der Waals surface area contributed by atoms with Gasteiger partial charge in [0, 0.05) is 18.4 Å². The van der Waals surface area contributed by atoms with Gasteiger partial charge in [0.05, 0.1) is 16.9 Å². The van der Waals surface area contributed by atoms with E-state index in [1.165, 1.54) is 31.4 Å². The molecule has 9 heteroatoms. The molecule has 0 saturated carbocycles. The largest absolute Gasteiger partial charge is 0.494 e. The van der Waals surface area contributed by atoms with E-state index in [0.717, 1.165) is 12.3 Å². The van der Waals surface area contributed by atoms with Gasteiger partial charge >= 0.3 is 0 Å². The SMILES string of the molecule is COc1ccc(C(C)Nc2ccc(S(C)(=O)=O)cc2[N+](=O)[O-])cc1F. The molecule has 2 rings (SSSR count). The molecule has 0 spiro atoms. The minimum atomic E-state index is -3.57. The fourth-order valence-electron chi connectivity index (χ4n) is 2.28. The molecule has 0 heterocycles. The van der Waals surface area contributed by atoms with Gasteiger partial charge in [0.25, 0.3) is 5.69 Å². The Hall–Kier alpha value is -2.68. The molecule has 0 fully saturated rings. The zero-order valence-electron chi connectivity index (χ0n) is 13.8. The number of halogens is 1. The van der Waals surface area contributed by atoms with Gasteiger partial charge < -0.3 is 10.1 Å². The second-order valence-corrected chi connectivity index (χ2v) is 7.48. The topological polar surface area (TPSA) is 98.5 Å². The Labute approximate surface area is 144 Å². The summed E-state index contributed by atoms with van der Waals surface area (Å²) in [5.74, 6) is -0.449. The van der Waals surface area contributed by atoms with Crippen LogP contribution in [0.25, 0.3) is 0 Å². The number of nitro benzene ring substituents is 1. The first kappa shape index (κ1) is 18.7. The van der Waals surface area contributed by atoms with Crippen molar-refractivity contribution in [2.45, 2.75) is 17.9 Å². The van der Waals surface area contributed by atoms with Crippen molar-refractivity contribution in [3.8, 4) is 5.75 Å². The third kappa shape index (κ3) is 4.24. The van der Waals surface area contributed by atoms with Crippen LogP contribution in [0.1, 0.15) is 18.5 Å². The summed E-state index contributed by atoms with van der Waals surface area (Å²) in [6.07, 6.45) is 0.974. The van der Waals surface area contributed by atoms with Crippen molar-refractivity contribution in [3.63, 3.8) is 0 Å². The van der Waals surface area contributed by atoms with Gasteiger partial charge in [-0.1, -0.05) is 6.07 Å². The van der Waals surface area contributed by atoms with Gasteiger partial charge in [0.2, 0.25) is 0 Å².